The van der Waals surface area contributed by atoms with Gasteiger partial charge < -0.3 is 10.6 Å². The zero-order valence-electron chi connectivity index (χ0n) is 12.0. The quantitative estimate of drug-likeness (QED) is 0.673. The third-order valence-electron chi connectivity index (χ3n) is 2.82. The highest BCUT2D eigenvalue weighted by Crippen LogP contribution is 2.27. The first kappa shape index (κ1) is 17.7. The number of halogens is 2. The Hall–Kier alpha value is -1.68. The van der Waals surface area contributed by atoms with Crippen molar-refractivity contribution >= 4 is 56.6 Å². The van der Waals surface area contributed by atoms with Gasteiger partial charge in [-0.3, -0.25) is 4.79 Å². The molecule has 2 N–H and O–H groups in total. The second kappa shape index (κ2) is 8.82. The van der Waals surface area contributed by atoms with Gasteiger partial charge in [0.2, 0.25) is 5.91 Å². The van der Waals surface area contributed by atoms with Gasteiger partial charge in [-0.25, -0.2) is 0 Å². The smallest absolute Gasteiger partial charge is 0.243 e. The number of rotatable bonds is 6. The first-order valence-corrected chi connectivity index (χ1v) is 8.83. The van der Waals surface area contributed by atoms with E-state index in [0.717, 1.165) is 9.37 Å². The Labute approximate surface area is 152 Å². The van der Waals surface area contributed by atoms with Crippen LogP contribution in [-0.4, -0.2) is 18.2 Å². The SMILES string of the molecule is N#CCSc1ccccc1NC(=O)CNc1ccc(Br)cc1Cl. The summed E-state index contributed by atoms with van der Waals surface area (Å²) in [6, 6.07) is 14.9. The Kier molecular flexibility index (Phi) is 6.78. The van der Waals surface area contributed by atoms with E-state index in [1.807, 2.05) is 30.3 Å². The predicted molar refractivity (Wildman–Crippen MR) is 99.1 cm³/mol. The Morgan fingerprint density at radius 2 is 2.04 bits per heavy atom. The number of para-hydroxylation sites is 1. The van der Waals surface area contributed by atoms with Gasteiger partial charge in [0.05, 0.1) is 34.8 Å². The largest absolute Gasteiger partial charge is 0.375 e. The monoisotopic (exact) mass is 409 g/mol. The predicted octanol–water partition coefficient (Wildman–Crippen LogP) is 4.77. The minimum atomic E-state index is -0.186. The summed E-state index contributed by atoms with van der Waals surface area (Å²) >= 11 is 10.8. The third-order valence-corrected chi connectivity index (χ3v) is 4.57. The summed E-state index contributed by atoms with van der Waals surface area (Å²) in [4.78, 5) is 13.0. The lowest BCUT2D eigenvalue weighted by molar-refractivity contribution is -0.114. The number of carbonyl (C=O) groups is 1. The van der Waals surface area contributed by atoms with Crippen LogP contribution in [0.1, 0.15) is 0 Å². The zero-order valence-corrected chi connectivity index (χ0v) is 15.1. The van der Waals surface area contributed by atoms with Gasteiger partial charge in [0.15, 0.2) is 0 Å². The van der Waals surface area contributed by atoms with E-state index in [4.69, 9.17) is 16.9 Å². The molecule has 23 heavy (non-hydrogen) atoms. The van der Waals surface area contributed by atoms with Crippen molar-refractivity contribution in [2.45, 2.75) is 4.90 Å². The van der Waals surface area contributed by atoms with E-state index in [1.165, 1.54) is 11.8 Å². The molecule has 0 unspecified atom stereocenters. The van der Waals surface area contributed by atoms with Crippen molar-refractivity contribution in [3.8, 4) is 6.07 Å². The molecule has 0 heterocycles. The van der Waals surface area contributed by atoms with Gasteiger partial charge in [0.1, 0.15) is 0 Å². The highest BCUT2D eigenvalue weighted by molar-refractivity contribution is 9.10. The average molecular weight is 411 g/mol. The van der Waals surface area contributed by atoms with E-state index in [-0.39, 0.29) is 12.5 Å². The fraction of sp³-hybridized carbons (Fsp3) is 0.125. The minimum Gasteiger partial charge on any atom is -0.375 e. The number of nitrogens with zero attached hydrogens (tertiary/aromatic N) is 1. The molecule has 0 bridgehead atoms. The van der Waals surface area contributed by atoms with Crippen molar-refractivity contribution in [1.29, 1.82) is 5.26 Å². The summed E-state index contributed by atoms with van der Waals surface area (Å²) in [5.74, 6) is 0.147. The Bertz CT molecular complexity index is 748. The van der Waals surface area contributed by atoms with Crippen LogP contribution in [0.2, 0.25) is 5.02 Å². The summed E-state index contributed by atoms with van der Waals surface area (Å²) < 4.78 is 0.876. The zero-order chi connectivity index (χ0) is 16.7. The fourth-order valence-corrected chi connectivity index (χ4v) is 3.22. The minimum absolute atomic E-state index is 0.0958. The van der Waals surface area contributed by atoms with Gasteiger partial charge in [-0.05, 0) is 30.3 Å². The standard InChI is InChI=1S/C16H13BrClN3OS/c17-11-5-6-13(12(18)9-11)20-10-16(22)21-14-3-1-2-4-15(14)23-8-7-19/h1-6,9,20H,8,10H2,(H,21,22). The van der Waals surface area contributed by atoms with E-state index in [1.54, 1.807) is 12.1 Å². The van der Waals surface area contributed by atoms with Crippen LogP contribution in [0.4, 0.5) is 11.4 Å². The van der Waals surface area contributed by atoms with Crippen molar-refractivity contribution in [3.05, 3.63) is 52.0 Å². The van der Waals surface area contributed by atoms with Crippen molar-refractivity contribution < 1.29 is 4.79 Å². The molecular weight excluding hydrogens is 398 g/mol. The third kappa shape index (κ3) is 5.47. The second-order valence-electron chi connectivity index (χ2n) is 4.47. The van der Waals surface area contributed by atoms with Gasteiger partial charge in [-0.2, -0.15) is 5.26 Å². The number of nitriles is 1. The van der Waals surface area contributed by atoms with Crippen LogP contribution < -0.4 is 10.6 Å². The molecule has 0 aromatic heterocycles. The fourth-order valence-electron chi connectivity index (χ4n) is 1.81. The number of nitrogens with one attached hydrogen (secondary N) is 2. The molecule has 0 aliphatic heterocycles. The molecule has 0 saturated heterocycles. The first-order chi connectivity index (χ1) is 11.1. The van der Waals surface area contributed by atoms with Crippen LogP contribution in [-0.2, 0) is 4.79 Å². The highest BCUT2D eigenvalue weighted by Gasteiger charge is 2.08. The molecule has 0 atom stereocenters. The van der Waals surface area contributed by atoms with Gasteiger partial charge in [-0.15, -0.1) is 11.8 Å². The maximum Gasteiger partial charge on any atom is 0.243 e. The van der Waals surface area contributed by atoms with E-state index >= 15 is 0 Å². The van der Waals surface area contributed by atoms with Crippen LogP contribution >= 0.6 is 39.3 Å². The molecule has 4 nitrogen and oxygen atoms in total. The summed E-state index contributed by atoms with van der Waals surface area (Å²) in [6.45, 7) is 0.0958. The van der Waals surface area contributed by atoms with Crippen LogP contribution in [0, 0.1) is 11.3 Å². The Morgan fingerprint density at radius 3 is 2.78 bits per heavy atom. The molecule has 2 aromatic rings. The molecule has 0 saturated carbocycles. The van der Waals surface area contributed by atoms with Gasteiger partial charge in [0.25, 0.3) is 0 Å². The highest BCUT2D eigenvalue weighted by atomic mass is 79.9. The van der Waals surface area contributed by atoms with E-state index in [9.17, 15) is 4.79 Å². The summed E-state index contributed by atoms with van der Waals surface area (Å²) in [7, 11) is 0. The number of amides is 1. The molecule has 0 spiro atoms. The molecule has 118 valence electrons. The Morgan fingerprint density at radius 1 is 1.26 bits per heavy atom. The molecular formula is C16H13BrClN3OS. The topological polar surface area (TPSA) is 64.9 Å². The molecule has 0 radical (unpaired) electrons. The average Bonchev–Trinajstić information content (AvgIpc) is 2.53. The van der Waals surface area contributed by atoms with Crippen LogP contribution in [0.5, 0.6) is 0 Å². The molecule has 7 heteroatoms. The molecule has 0 aliphatic carbocycles. The van der Waals surface area contributed by atoms with E-state index < -0.39 is 0 Å². The molecule has 2 rings (SSSR count). The number of hydrogen-bond acceptors (Lipinski definition) is 4. The van der Waals surface area contributed by atoms with E-state index in [0.29, 0.717) is 22.2 Å². The number of anilines is 2. The van der Waals surface area contributed by atoms with Crippen LogP contribution in [0.15, 0.2) is 51.8 Å². The number of benzene rings is 2. The molecule has 0 fully saturated rings. The molecule has 2 aromatic carbocycles. The first-order valence-electron chi connectivity index (χ1n) is 6.67. The summed E-state index contributed by atoms with van der Waals surface area (Å²) in [5, 5.41) is 15.0. The van der Waals surface area contributed by atoms with Crippen molar-refractivity contribution in [2.24, 2.45) is 0 Å². The maximum atomic E-state index is 12.1. The maximum absolute atomic E-state index is 12.1. The summed E-state index contributed by atoms with van der Waals surface area (Å²) in [6.07, 6.45) is 0. The lowest BCUT2D eigenvalue weighted by Crippen LogP contribution is -2.22. The van der Waals surface area contributed by atoms with Crippen molar-refractivity contribution in [1.82, 2.24) is 0 Å². The molecule has 1 amide bonds. The lowest BCUT2D eigenvalue weighted by atomic mass is 10.3. The van der Waals surface area contributed by atoms with Gasteiger partial charge in [0, 0.05) is 9.37 Å². The number of carbonyl (C=O) groups excluding carboxylic acids is 1. The van der Waals surface area contributed by atoms with Crippen molar-refractivity contribution in [3.63, 3.8) is 0 Å². The summed E-state index contributed by atoms with van der Waals surface area (Å²) in [5.41, 5.74) is 1.39. The Balaban J connectivity index is 1.96. The van der Waals surface area contributed by atoms with Crippen LogP contribution in [0.3, 0.4) is 0 Å². The van der Waals surface area contributed by atoms with Crippen LogP contribution in [0.25, 0.3) is 0 Å². The van der Waals surface area contributed by atoms with Gasteiger partial charge >= 0.3 is 0 Å². The normalized spacial score (nSPS) is 9.96. The molecule has 0 aliphatic rings. The second-order valence-corrected chi connectivity index (χ2v) is 6.81. The number of hydrogen-bond donors (Lipinski definition) is 2. The number of thioether (sulfide) groups is 1. The lowest BCUT2D eigenvalue weighted by Gasteiger charge is -2.11. The van der Waals surface area contributed by atoms with Gasteiger partial charge in [-0.1, -0.05) is 39.7 Å². The van der Waals surface area contributed by atoms with E-state index in [2.05, 4.69) is 32.6 Å². The van der Waals surface area contributed by atoms with Crippen molar-refractivity contribution in [2.75, 3.05) is 22.9 Å².